The highest BCUT2D eigenvalue weighted by Crippen LogP contribution is 2.40. The van der Waals surface area contributed by atoms with Crippen molar-refractivity contribution < 1.29 is 27.9 Å². The number of rotatable bonds is 6. The van der Waals surface area contributed by atoms with Gasteiger partial charge >= 0.3 is 0 Å². The van der Waals surface area contributed by atoms with E-state index in [0.717, 1.165) is 29.2 Å². The summed E-state index contributed by atoms with van der Waals surface area (Å²) in [5.74, 6) is -6.81. The van der Waals surface area contributed by atoms with Gasteiger partial charge in [-0.3, -0.25) is 14.2 Å². The van der Waals surface area contributed by atoms with Gasteiger partial charge in [0.1, 0.15) is 5.82 Å². The molecule has 1 unspecified atom stereocenters. The normalized spacial score (nSPS) is 12.3. The van der Waals surface area contributed by atoms with Gasteiger partial charge < -0.3 is 10.8 Å². The number of fused-ring (bicyclic) bond motifs is 1. The number of nitrogens with two attached hydrogens (primary N) is 1. The van der Waals surface area contributed by atoms with Crippen LogP contribution in [0.1, 0.15) is 53.7 Å². The van der Waals surface area contributed by atoms with Crippen LogP contribution >= 0.6 is 0 Å². The van der Waals surface area contributed by atoms with E-state index in [1.165, 1.54) is 19.1 Å². The second kappa shape index (κ2) is 8.22. The molecule has 0 aliphatic rings. The number of nitrogens with zero attached hydrogens (tertiary/aromatic N) is 1. The Morgan fingerprint density at radius 1 is 1.20 bits per heavy atom. The molecule has 1 heterocycles. The molecule has 0 fully saturated rings. The minimum absolute atomic E-state index is 0.0420. The maximum atomic E-state index is 15.0. The fourth-order valence-corrected chi connectivity index (χ4v) is 3.79. The van der Waals surface area contributed by atoms with E-state index in [-0.39, 0.29) is 34.1 Å². The van der Waals surface area contributed by atoms with Crippen molar-refractivity contribution in [1.82, 2.24) is 4.57 Å². The first-order chi connectivity index (χ1) is 14.2. The fraction of sp³-hybridized carbons (Fsp3) is 0.273. The molecule has 1 aromatic heterocycles. The van der Waals surface area contributed by atoms with Crippen molar-refractivity contribution in [2.75, 3.05) is 0 Å². The quantitative estimate of drug-likeness (QED) is 0.617. The number of aromatic nitrogens is 1. The number of aromatic hydroxyl groups is 1. The standard InChI is InChI=1S/C22H21F3N2O3/c1-3-4-8-14(21(26)29)17-11(2)27(22(30)12-6-5-7-13(23)9-12)16-10-15(24)20(28)19(25)18(16)17/h5-7,9-10,14,28H,3-4,8H2,1-2H3,(H2,26,29). The summed E-state index contributed by atoms with van der Waals surface area (Å²) in [6.45, 7) is 3.38. The predicted octanol–water partition coefficient (Wildman–Crippen LogP) is 4.52. The largest absolute Gasteiger partial charge is 0.503 e. The molecule has 1 amide bonds. The number of carbonyl (C=O) groups is 2. The Bertz CT molecular complexity index is 1150. The number of hydrogen-bond donors (Lipinski definition) is 2. The van der Waals surface area contributed by atoms with E-state index in [9.17, 15) is 27.9 Å². The van der Waals surface area contributed by atoms with Gasteiger partial charge in [-0.05, 0) is 37.1 Å². The number of phenolic OH excluding ortho intramolecular Hbond substituents is 1. The summed E-state index contributed by atoms with van der Waals surface area (Å²) < 4.78 is 43.8. The number of carbonyl (C=O) groups excluding carboxylic acids is 2. The van der Waals surface area contributed by atoms with Crippen LogP contribution in [-0.2, 0) is 4.79 Å². The summed E-state index contributed by atoms with van der Waals surface area (Å²) in [7, 11) is 0. The summed E-state index contributed by atoms with van der Waals surface area (Å²) in [4.78, 5) is 25.3. The second-order valence-electron chi connectivity index (χ2n) is 7.16. The molecule has 2 aromatic carbocycles. The lowest BCUT2D eigenvalue weighted by Crippen LogP contribution is -2.23. The minimum Gasteiger partial charge on any atom is -0.503 e. The van der Waals surface area contributed by atoms with E-state index in [4.69, 9.17) is 5.73 Å². The zero-order chi connectivity index (χ0) is 22.2. The Labute approximate surface area is 170 Å². The Morgan fingerprint density at radius 2 is 1.90 bits per heavy atom. The van der Waals surface area contributed by atoms with Crippen LogP contribution in [0.15, 0.2) is 30.3 Å². The van der Waals surface area contributed by atoms with E-state index >= 15 is 0 Å². The van der Waals surface area contributed by atoms with Crippen molar-refractivity contribution >= 4 is 22.7 Å². The van der Waals surface area contributed by atoms with Gasteiger partial charge in [0.05, 0.1) is 11.4 Å². The molecule has 8 heteroatoms. The summed E-state index contributed by atoms with van der Waals surface area (Å²) >= 11 is 0. The van der Waals surface area contributed by atoms with Crippen molar-refractivity contribution in [3.8, 4) is 5.75 Å². The van der Waals surface area contributed by atoms with Gasteiger partial charge in [0.15, 0.2) is 17.4 Å². The van der Waals surface area contributed by atoms with Crippen LogP contribution in [0.25, 0.3) is 10.9 Å². The van der Waals surface area contributed by atoms with E-state index < -0.39 is 40.9 Å². The molecule has 0 saturated carbocycles. The van der Waals surface area contributed by atoms with E-state index in [1.54, 1.807) is 0 Å². The van der Waals surface area contributed by atoms with Crippen molar-refractivity contribution in [2.24, 2.45) is 5.73 Å². The SMILES string of the molecule is CCCCC(C(N)=O)c1c(C)n(C(=O)c2cccc(F)c2)c2cc(F)c(O)c(F)c12. The minimum atomic E-state index is -1.28. The number of benzene rings is 2. The van der Waals surface area contributed by atoms with Gasteiger partial charge in [0, 0.05) is 22.7 Å². The highest BCUT2D eigenvalue weighted by atomic mass is 19.1. The second-order valence-corrected chi connectivity index (χ2v) is 7.16. The Kier molecular flexibility index (Phi) is 5.87. The van der Waals surface area contributed by atoms with Crippen molar-refractivity contribution in [2.45, 2.75) is 39.0 Å². The van der Waals surface area contributed by atoms with E-state index in [1.807, 2.05) is 6.92 Å². The van der Waals surface area contributed by atoms with Crippen molar-refractivity contribution in [1.29, 1.82) is 0 Å². The van der Waals surface area contributed by atoms with Gasteiger partial charge in [0.2, 0.25) is 5.91 Å². The van der Waals surface area contributed by atoms with E-state index in [2.05, 4.69) is 0 Å². The number of primary amides is 1. The first kappa shape index (κ1) is 21.4. The van der Waals surface area contributed by atoms with Crippen molar-refractivity contribution in [3.05, 3.63) is 64.6 Å². The lowest BCUT2D eigenvalue weighted by atomic mass is 9.90. The van der Waals surface area contributed by atoms with Gasteiger partial charge in [-0.2, -0.15) is 0 Å². The molecule has 0 saturated heterocycles. The zero-order valence-corrected chi connectivity index (χ0v) is 16.5. The van der Waals surface area contributed by atoms with Crippen LogP contribution < -0.4 is 5.73 Å². The highest BCUT2D eigenvalue weighted by molar-refractivity contribution is 6.05. The zero-order valence-electron chi connectivity index (χ0n) is 16.5. The highest BCUT2D eigenvalue weighted by Gasteiger charge is 2.31. The third kappa shape index (κ3) is 3.53. The molecular weight excluding hydrogens is 397 g/mol. The molecule has 3 N–H and O–H groups in total. The topological polar surface area (TPSA) is 85.3 Å². The summed E-state index contributed by atoms with van der Waals surface area (Å²) in [6.07, 6.45) is 1.63. The number of amides is 1. The lowest BCUT2D eigenvalue weighted by molar-refractivity contribution is -0.119. The molecule has 1 atom stereocenters. The molecule has 3 rings (SSSR count). The van der Waals surface area contributed by atoms with Crippen LogP contribution in [0.5, 0.6) is 5.75 Å². The number of phenols is 1. The maximum absolute atomic E-state index is 15.0. The molecule has 0 radical (unpaired) electrons. The molecule has 0 aliphatic heterocycles. The average molecular weight is 418 g/mol. The summed E-state index contributed by atoms with van der Waals surface area (Å²) in [5.41, 5.74) is 5.63. The monoisotopic (exact) mass is 418 g/mol. The van der Waals surface area contributed by atoms with Crippen LogP contribution in [0, 0.1) is 24.4 Å². The third-order valence-electron chi connectivity index (χ3n) is 5.22. The molecule has 0 bridgehead atoms. The van der Waals surface area contributed by atoms with Gasteiger partial charge in [0.25, 0.3) is 5.91 Å². The molecule has 30 heavy (non-hydrogen) atoms. The molecule has 5 nitrogen and oxygen atoms in total. The average Bonchev–Trinajstić information content (AvgIpc) is 2.97. The first-order valence-electron chi connectivity index (χ1n) is 9.50. The lowest BCUT2D eigenvalue weighted by Gasteiger charge is -2.15. The Balaban J connectivity index is 2.37. The summed E-state index contributed by atoms with van der Waals surface area (Å²) in [5, 5.41) is 9.55. The smallest absolute Gasteiger partial charge is 0.262 e. The Hall–Kier alpha value is -3.29. The molecular formula is C22H21F3N2O3. The van der Waals surface area contributed by atoms with Crippen LogP contribution in [-0.4, -0.2) is 21.5 Å². The molecule has 0 spiro atoms. The van der Waals surface area contributed by atoms with Crippen LogP contribution in [0.3, 0.4) is 0 Å². The van der Waals surface area contributed by atoms with E-state index in [0.29, 0.717) is 6.42 Å². The molecule has 158 valence electrons. The van der Waals surface area contributed by atoms with Gasteiger partial charge in [-0.15, -0.1) is 0 Å². The predicted molar refractivity (Wildman–Crippen MR) is 106 cm³/mol. The summed E-state index contributed by atoms with van der Waals surface area (Å²) in [6, 6.07) is 5.69. The van der Waals surface area contributed by atoms with Gasteiger partial charge in [-0.1, -0.05) is 25.8 Å². The number of unbranched alkanes of at least 4 members (excludes halogenated alkanes) is 1. The first-order valence-corrected chi connectivity index (χ1v) is 9.50. The fourth-order valence-electron chi connectivity index (χ4n) is 3.79. The van der Waals surface area contributed by atoms with Gasteiger partial charge in [-0.25, -0.2) is 13.2 Å². The number of hydrogen-bond acceptors (Lipinski definition) is 3. The maximum Gasteiger partial charge on any atom is 0.262 e. The molecule has 0 aliphatic carbocycles. The van der Waals surface area contributed by atoms with Crippen LogP contribution in [0.2, 0.25) is 0 Å². The molecule has 3 aromatic rings. The number of halogens is 3. The van der Waals surface area contributed by atoms with Crippen molar-refractivity contribution in [3.63, 3.8) is 0 Å². The van der Waals surface area contributed by atoms with Crippen LogP contribution in [0.4, 0.5) is 13.2 Å². The third-order valence-corrected chi connectivity index (χ3v) is 5.22. The Morgan fingerprint density at radius 3 is 2.50 bits per heavy atom.